The van der Waals surface area contributed by atoms with Gasteiger partial charge in [-0.25, -0.2) is 0 Å². The Bertz CT molecular complexity index is 511. The highest BCUT2D eigenvalue weighted by Gasteiger charge is 2.12. The Morgan fingerprint density at radius 1 is 1.50 bits per heavy atom. The molecule has 2 N–H and O–H groups in total. The standard InChI is InChI=1S/C10H9N3O2S/c1-6-2-3-7(8(14)4-6)9(15)12-10-13-11-5-16-10/h2-5,14H,1H3,(H,12,13,15). The molecular weight excluding hydrogens is 226 g/mol. The molecule has 1 aromatic carbocycles. The average Bonchev–Trinajstić information content (AvgIpc) is 2.70. The normalized spacial score (nSPS) is 10.1. The molecule has 5 nitrogen and oxygen atoms in total. The molecule has 0 radical (unpaired) electrons. The molecule has 1 aromatic heterocycles. The van der Waals surface area contributed by atoms with Crippen molar-refractivity contribution >= 4 is 22.4 Å². The van der Waals surface area contributed by atoms with Crippen LogP contribution in [0.4, 0.5) is 5.13 Å². The highest BCUT2D eigenvalue weighted by molar-refractivity contribution is 7.13. The quantitative estimate of drug-likeness (QED) is 0.832. The third-order valence-corrected chi connectivity index (χ3v) is 2.59. The SMILES string of the molecule is Cc1ccc(C(=O)Nc2nncs2)c(O)c1. The van der Waals surface area contributed by atoms with Crippen LogP contribution < -0.4 is 5.32 Å². The summed E-state index contributed by atoms with van der Waals surface area (Å²) in [5, 5.41) is 19.8. The van der Waals surface area contributed by atoms with E-state index in [1.165, 1.54) is 22.9 Å². The Morgan fingerprint density at radius 3 is 2.94 bits per heavy atom. The van der Waals surface area contributed by atoms with E-state index in [4.69, 9.17) is 0 Å². The predicted octanol–water partition coefficient (Wildman–Crippen LogP) is 1.80. The van der Waals surface area contributed by atoms with Gasteiger partial charge >= 0.3 is 0 Å². The van der Waals surface area contributed by atoms with Crippen molar-refractivity contribution in [3.63, 3.8) is 0 Å². The van der Waals surface area contributed by atoms with Gasteiger partial charge in [0.1, 0.15) is 11.3 Å². The molecule has 0 unspecified atom stereocenters. The van der Waals surface area contributed by atoms with Crippen LogP contribution in [0.15, 0.2) is 23.7 Å². The number of aromatic nitrogens is 2. The van der Waals surface area contributed by atoms with E-state index < -0.39 is 5.91 Å². The second-order valence-corrected chi connectivity index (χ2v) is 4.05. The fourth-order valence-corrected chi connectivity index (χ4v) is 1.67. The van der Waals surface area contributed by atoms with Gasteiger partial charge in [0.25, 0.3) is 5.91 Å². The van der Waals surface area contributed by atoms with Gasteiger partial charge in [-0.2, -0.15) is 0 Å². The van der Waals surface area contributed by atoms with Crippen molar-refractivity contribution in [2.45, 2.75) is 6.92 Å². The summed E-state index contributed by atoms with van der Waals surface area (Å²) in [5.74, 6) is -0.434. The van der Waals surface area contributed by atoms with Crippen LogP contribution in [0.2, 0.25) is 0 Å². The number of aromatic hydroxyl groups is 1. The monoisotopic (exact) mass is 235 g/mol. The third-order valence-electron chi connectivity index (χ3n) is 1.98. The fraction of sp³-hybridized carbons (Fsp3) is 0.100. The molecule has 2 aromatic rings. The number of benzene rings is 1. The van der Waals surface area contributed by atoms with Crippen LogP contribution in [0.25, 0.3) is 0 Å². The Hall–Kier alpha value is -1.95. The molecule has 0 fully saturated rings. The molecule has 0 aliphatic rings. The van der Waals surface area contributed by atoms with Gasteiger partial charge in [0.15, 0.2) is 0 Å². The van der Waals surface area contributed by atoms with Gasteiger partial charge in [-0.1, -0.05) is 17.4 Å². The zero-order chi connectivity index (χ0) is 11.5. The molecule has 0 atom stereocenters. The van der Waals surface area contributed by atoms with Crippen LogP contribution in [0.3, 0.4) is 0 Å². The summed E-state index contributed by atoms with van der Waals surface area (Å²) in [6.45, 7) is 1.84. The lowest BCUT2D eigenvalue weighted by molar-refractivity contribution is 0.102. The first-order valence-corrected chi connectivity index (χ1v) is 5.42. The lowest BCUT2D eigenvalue weighted by Crippen LogP contribution is -2.11. The van der Waals surface area contributed by atoms with Crippen LogP contribution in [0.5, 0.6) is 5.75 Å². The van der Waals surface area contributed by atoms with E-state index >= 15 is 0 Å². The maximum atomic E-state index is 11.7. The van der Waals surface area contributed by atoms with Crippen molar-refractivity contribution < 1.29 is 9.90 Å². The van der Waals surface area contributed by atoms with Gasteiger partial charge in [0.2, 0.25) is 5.13 Å². The van der Waals surface area contributed by atoms with Crippen molar-refractivity contribution in [2.75, 3.05) is 5.32 Å². The fourth-order valence-electron chi connectivity index (χ4n) is 1.23. The van der Waals surface area contributed by atoms with Crippen molar-refractivity contribution in [2.24, 2.45) is 0 Å². The molecule has 0 bridgehead atoms. The molecule has 0 saturated heterocycles. The summed E-state index contributed by atoms with van der Waals surface area (Å²) in [5.41, 5.74) is 2.63. The van der Waals surface area contributed by atoms with E-state index in [9.17, 15) is 9.90 Å². The summed E-state index contributed by atoms with van der Waals surface area (Å²) in [6.07, 6.45) is 0. The molecule has 1 heterocycles. The van der Waals surface area contributed by atoms with E-state index in [1.807, 2.05) is 6.92 Å². The largest absolute Gasteiger partial charge is 0.507 e. The Kier molecular flexibility index (Phi) is 2.82. The molecule has 2 rings (SSSR count). The Balaban J connectivity index is 2.21. The Morgan fingerprint density at radius 2 is 2.31 bits per heavy atom. The van der Waals surface area contributed by atoms with Gasteiger partial charge in [0, 0.05) is 0 Å². The number of carbonyl (C=O) groups excluding carboxylic acids is 1. The predicted molar refractivity (Wildman–Crippen MR) is 60.7 cm³/mol. The summed E-state index contributed by atoms with van der Waals surface area (Å²) >= 11 is 1.22. The number of hydrogen-bond donors (Lipinski definition) is 2. The molecule has 0 spiro atoms. The zero-order valence-electron chi connectivity index (χ0n) is 8.47. The van der Waals surface area contributed by atoms with Crippen molar-refractivity contribution in [3.8, 4) is 5.75 Å². The minimum Gasteiger partial charge on any atom is -0.507 e. The number of rotatable bonds is 2. The molecular formula is C10H9N3O2S. The highest BCUT2D eigenvalue weighted by atomic mass is 32.1. The first-order chi connectivity index (χ1) is 7.66. The molecule has 0 saturated carbocycles. The zero-order valence-corrected chi connectivity index (χ0v) is 9.28. The number of anilines is 1. The molecule has 0 aliphatic carbocycles. The summed E-state index contributed by atoms with van der Waals surface area (Å²) < 4.78 is 0. The number of aryl methyl sites for hydroxylation is 1. The van der Waals surface area contributed by atoms with Crippen molar-refractivity contribution in [1.82, 2.24) is 10.2 Å². The van der Waals surface area contributed by atoms with E-state index in [0.29, 0.717) is 5.13 Å². The van der Waals surface area contributed by atoms with Gasteiger partial charge in [-0.15, -0.1) is 10.2 Å². The second-order valence-electron chi connectivity index (χ2n) is 3.22. The minimum atomic E-state index is -0.394. The van der Waals surface area contributed by atoms with Crippen LogP contribution >= 0.6 is 11.3 Å². The number of phenolic OH excluding ortho intramolecular Hbond substituents is 1. The van der Waals surface area contributed by atoms with Crippen LogP contribution in [-0.2, 0) is 0 Å². The highest BCUT2D eigenvalue weighted by Crippen LogP contribution is 2.20. The van der Waals surface area contributed by atoms with Crippen LogP contribution in [0.1, 0.15) is 15.9 Å². The third kappa shape index (κ3) is 2.17. The number of nitrogens with one attached hydrogen (secondary N) is 1. The van der Waals surface area contributed by atoms with Gasteiger partial charge in [0.05, 0.1) is 5.56 Å². The van der Waals surface area contributed by atoms with Crippen molar-refractivity contribution in [1.29, 1.82) is 0 Å². The summed E-state index contributed by atoms with van der Waals surface area (Å²) in [7, 11) is 0. The van der Waals surface area contributed by atoms with E-state index in [1.54, 1.807) is 12.1 Å². The lowest BCUT2D eigenvalue weighted by Gasteiger charge is -2.04. The molecule has 82 valence electrons. The molecule has 1 amide bonds. The molecule has 6 heteroatoms. The average molecular weight is 235 g/mol. The van der Waals surface area contributed by atoms with Crippen molar-refractivity contribution in [3.05, 3.63) is 34.8 Å². The second kappa shape index (κ2) is 4.28. The van der Waals surface area contributed by atoms with Crippen LogP contribution in [-0.4, -0.2) is 21.2 Å². The summed E-state index contributed by atoms with van der Waals surface area (Å²) in [6, 6.07) is 4.87. The number of amides is 1. The number of carbonyl (C=O) groups is 1. The Labute approximate surface area is 95.8 Å². The van der Waals surface area contributed by atoms with E-state index in [2.05, 4.69) is 15.5 Å². The smallest absolute Gasteiger partial charge is 0.261 e. The number of phenols is 1. The van der Waals surface area contributed by atoms with E-state index in [0.717, 1.165) is 5.56 Å². The maximum absolute atomic E-state index is 11.7. The van der Waals surface area contributed by atoms with Gasteiger partial charge in [-0.05, 0) is 24.6 Å². The first-order valence-electron chi connectivity index (χ1n) is 4.54. The number of hydrogen-bond acceptors (Lipinski definition) is 5. The minimum absolute atomic E-state index is 0.0398. The lowest BCUT2D eigenvalue weighted by atomic mass is 10.1. The van der Waals surface area contributed by atoms with Gasteiger partial charge < -0.3 is 5.11 Å². The summed E-state index contributed by atoms with van der Waals surface area (Å²) in [4.78, 5) is 11.7. The molecule has 0 aliphatic heterocycles. The topological polar surface area (TPSA) is 75.1 Å². The van der Waals surface area contributed by atoms with E-state index in [-0.39, 0.29) is 11.3 Å². The first kappa shape index (κ1) is 10.6. The van der Waals surface area contributed by atoms with Crippen LogP contribution in [0, 0.1) is 6.92 Å². The molecule has 16 heavy (non-hydrogen) atoms. The van der Waals surface area contributed by atoms with Gasteiger partial charge in [-0.3, -0.25) is 10.1 Å². The maximum Gasteiger partial charge on any atom is 0.261 e. The number of nitrogens with zero attached hydrogens (tertiary/aromatic N) is 2.